The van der Waals surface area contributed by atoms with Crippen molar-refractivity contribution in [3.63, 3.8) is 0 Å². The van der Waals surface area contributed by atoms with Gasteiger partial charge in [0, 0.05) is 11.1 Å². The van der Waals surface area contributed by atoms with Crippen molar-refractivity contribution in [3.8, 4) is 0 Å². The van der Waals surface area contributed by atoms with Gasteiger partial charge in [0.15, 0.2) is 11.6 Å². The molecule has 2 aromatic heterocycles. The van der Waals surface area contributed by atoms with Crippen LogP contribution in [-0.4, -0.2) is 15.0 Å². The van der Waals surface area contributed by atoms with Crippen LogP contribution in [0.5, 0.6) is 0 Å². The predicted molar refractivity (Wildman–Crippen MR) is 59.3 cm³/mol. The number of thiazole rings is 1. The Morgan fingerprint density at radius 3 is 3.12 bits per heavy atom. The molecule has 0 saturated heterocycles. The lowest BCUT2D eigenvalue weighted by Gasteiger charge is -2.04. The van der Waals surface area contributed by atoms with Gasteiger partial charge in [-0.05, 0) is 11.6 Å². The van der Waals surface area contributed by atoms with Crippen LogP contribution in [0.1, 0.15) is 5.69 Å². The van der Waals surface area contributed by atoms with E-state index in [4.69, 9.17) is 11.6 Å². The molecular weight excluding hydrogens is 255 g/mol. The van der Waals surface area contributed by atoms with Crippen LogP contribution in [0.4, 0.5) is 10.2 Å². The quantitative estimate of drug-likeness (QED) is 0.823. The maximum Gasteiger partial charge on any atom is 0.304 e. The molecule has 0 bridgehead atoms. The number of H-pyrrole nitrogens is 1. The fourth-order valence-corrected chi connectivity index (χ4v) is 1.76. The summed E-state index contributed by atoms with van der Waals surface area (Å²) in [5.74, 6) is -0.589. The fraction of sp³-hybridized carbons (Fsp3) is 0.125. The number of nitrogens with zero attached hydrogens (tertiary/aromatic N) is 2. The van der Waals surface area contributed by atoms with Gasteiger partial charge in [0.1, 0.15) is 0 Å². The van der Waals surface area contributed by atoms with Gasteiger partial charge in [-0.3, -0.25) is 4.79 Å². The first-order chi connectivity index (χ1) is 7.65. The summed E-state index contributed by atoms with van der Waals surface area (Å²) in [6.45, 7) is 0.267. The maximum absolute atomic E-state index is 13.2. The molecule has 0 radical (unpaired) electrons. The van der Waals surface area contributed by atoms with Gasteiger partial charge in [0.25, 0.3) is 0 Å². The standard InChI is InChI=1S/C8H6ClFN4OS/c9-7-12-2-5(10)6(14-7)11-1-4-3-16-8(15)13-4/h2-3H,1H2,(H,13,15)(H,11,12,14). The van der Waals surface area contributed by atoms with Gasteiger partial charge in [-0.15, -0.1) is 0 Å². The van der Waals surface area contributed by atoms with E-state index >= 15 is 0 Å². The van der Waals surface area contributed by atoms with Gasteiger partial charge < -0.3 is 10.3 Å². The van der Waals surface area contributed by atoms with Gasteiger partial charge in [0.2, 0.25) is 5.28 Å². The van der Waals surface area contributed by atoms with Crippen LogP contribution in [0, 0.1) is 5.82 Å². The van der Waals surface area contributed by atoms with E-state index in [0.717, 1.165) is 17.5 Å². The third-order valence-corrected chi connectivity index (χ3v) is 2.63. The summed E-state index contributed by atoms with van der Waals surface area (Å²) in [5.41, 5.74) is 0.657. The zero-order valence-electron chi connectivity index (χ0n) is 7.83. The average Bonchev–Trinajstić information content (AvgIpc) is 2.66. The summed E-state index contributed by atoms with van der Waals surface area (Å²) in [5, 5.41) is 4.32. The number of aromatic nitrogens is 3. The van der Waals surface area contributed by atoms with E-state index < -0.39 is 5.82 Å². The smallest absolute Gasteiger partial charge is 0.304 e. The highest BCUT2D eigenvalue weighted by Crippen LogP contribution is 2.12. The first kappa shape index (κ1) is 11.0. The van der Waals surface area contributed by atoms with Crippen molar-refractivity contribution < 1.29 is 4.39 Å². The van der Waals surface area contributed by atoms with Crippen LogP contribution >= 0.6 is 22.9 Å². The number of hydrogen-bond donors (Lipinski definition) is 2. The van der Waals surface area contributed by atoms with Gasteiger partial charge in [-0.25, -0.2) is 9.37 Å². The Morgan fingerprint density at radius 1 is 1.62 bits per heavy atom. The van der Waals surface area contributed by atoms with Crippen LogP contribution in [0.25, 0.3) is 0 Å². The summed E-state index contributed by atoms with van der Waals surface area (Å²) >= 11 is 6.56. The fourth-order valence-electron chi connectivity index (χ4n) is 1.05. The van der Waals surface area contributed by atoms with E-state index in [2.05, 4.69) is 20.3 Å². The number of rotatable bonds is 3. The Hall–Kier alpha value is -1.47. The topological polar surface area (TPSA) is 70.7 Å². The second-order valence-electron chi connectivity index (χ2n) is 2.86. The second-order valence-corrected chi connectivity index (χ2v) is 4.04. The molecule has 0 aliphatic heterocycles. The van der Waals surface area contributed by atoms with Gasteiger partial charge in [0.05, 0.1) is 12.7 Å². The zero-order chi connectivity index (χ0) is 11.5. The lowest BCUT2D eigenvalue weighted by molar-refractivity contribution is 0.616. The van der Waals surface area contributed by atoms with Crippen molar-refractivity contribution in [3.05, 3.63) is 38.0 Å². The second kappa shape index (κ2) is 4.58. The molecule has 0 atom stereocenters. The molecule has 8 heteroatoms. The lowest BCUT2D eigenvalue weighted by Crippen LogP contribution is -2.06. The Kier molecular flexibility index (Phi) is 3.16. The monoisotopic (exact) mass is 260 g/mol. The summed E-state index contributed by atoms with van der Waals surface area (Å²) in [6, 6.07) is 0. The van der Waals surface area contributed by atoms with Crippen molar-refractivity contribution in [2.24, 2.45) is 0 Å². The molecule has 0 amide bonds. The Bertz CT molecular complexity index is 555. The molecule has 2 aromatic rings. The Morgan fingerprint density at radius 2 is 2.44 bits per heavy atom. The van der Waals surface area contributed by atoms with Crippen molar-refractivity contribution in [2.75, 3.05) is 5.32 Å². The molecule has 0 spiro atoms. The highest BCUT2D eigenvalue weighted by Gasteiger charge is 2.05. The molecular formula is C8H6ClFN4OS. The van der Waals surface area contributed by atoms with Crippen LogP contribution in [-0.2, 0) is 6.54 Å². The van der Waals surface area contributed by atoms with E-state index in [1.165, 1.54) is 0 Å². The third kappa shape index (κ3) is 2.56. The normalized spacial score (nSPS) is 10.4. The SMILES string of the molecule is O=c1[nH]c(CNc2nc(Cl)ncc2F)cs1. The van der Waals surface area contributed by atoms with Crippen LogP contribution < -0.4 is 10.2 Å². The molecule has 2 rings (SSSR count). The molecule has 0 fully saturated rings. The zero-order valence-corrected chi connectivity index (χ0v) is 9.40. The molecule has 0 aliphatic carbocycles. The first-order valence-corrected chi connectivity index (χ1v) is 5.49. The highest BCUT2D eigenvalue weighted by atomic mass is 35.5. The predicted octanol–water partition coefficient (Wildman–Crippen LogP) is 1.63. The lowest BCUT2D eigenvalue weighted by atomic mass is 10.4. The van der Waals surface area contributed by atoms with E-state index in [9.17, 15) is 9.18 Å². The van der Waals surface area contributed by atoms with Crippen molar-refractivity contribution in [1.82, 2.24) is 15.0 Å². The maximum atomic E-state index is 13.2. The molecule has 0 aliphatic rings. The number of halogens is 2. The third-order valence-electron chi connectivity index (χ3n) is 1.73. The van der Waals surface area contributed by atoms with Gasteiger partial charge in [-0.2, -0.15) is 4.98 Å². The van der Waals surface area contributed by atoms with E-state index in [0.29, 0.717) is 5.69 Å². The minimum atomic E-state index is -0.595. The van der Waals surface area contributed by atoms with Crippen LogP contribution in [0.3, 0.4) is 0 Å². The largest absolute Gasteiger partial charge is 0.362 e. The van der Waals surface area contributed by atoms with Crippen molar-refractivity contribution in [1.29, 1.82) is 0 Å². The summed E-state index contributed by atoms with van der Waals surface area (Å²) in [6.07, 6.45) is 0.980. The summed E-state index contributed by atoms with van der Waals surface area (Å²) in [4.78, 5) is 20.4. The molecule has 0 aromatic carbocycles. The number of nitrogens with one attached hydrogen (secondary N) is 2. The van der Waals surface area contributed by atoms with Crippen LogP contribution in [0.2, 0.25) is 5.28 Å². The summed E-state index contributed by atoms with van der Waals surface area (Å²) in [7, 11) is 0. The van der Waals surface area contributed by atoms with Crippen molar-refractivity contribution in [2.45, 2.75) is 6.54 Å². The molecule has 0 saturated carbocycles. The van der Waals surface area contributed by atoms with E-state index in [-0.39, 0.29) is 22.5 Å². The van der Waals surface area contributed by atoms with Crippen LogP contribution in [0.15, 0.2) is 16.4 Å². The minimum absolute atomic E-state index is 0.00653. The average molecular weight is 261 g/mol. The molecule has 84 valence electrons. The highest BCUT2D eigenvalue weighted by molar-refractivity contribution is 7.07. The van der Waals surface area contributed by atoms with E-state index in [1.54, 1.807) is 5.38 Å². The van der Waals surface area contributed by atoms with Gasteiger partial charge in [-0.1, -0.05) is 11.3 Å². The molecule has 0 unspecified atom stereocenters. The molecule has 16 heavy (non-hydrogen) atoms. The molecule has 2 heterocycles. The number of aromatic amines is 1. The molecule has 2 N–H and O–H groups in total. The number of anilines is 1. The Labute approximate surface area is 98.3 Å². The Balaban J connectivity index is 2.10. The molecule has 5 nitrogen and oxygen atoms in total. The number of hydrogen-bond acceptors (Lipinski definition) is 5. The first-order valence-electron chi connectivity index (χ1n) is 4.24. The minimum Gasteiger partial charge on any atom is -0.362 e. The summed E-state index contributed by atoms with van der Waals surface area (Å²) < 4.78 is 13.2. The van der Waals surface area contributed by atoms with E-state index in [1.807, 2.05) is 0 Å². The van der Waals surface area contributed by atoms with Gasteiger partial charge >= 0.3 is 4.87 Å². The van der Waals surface area contributed by atoms with Crippen molar-refractivity contribution >= 4 is 28.8 Å².